The number of rotatable bonds is 3. The van der Waals surface area contributed by atoms with E-state index in [1.54, 1.807) is 0 Å². The third-order valence-electron chi connectivity index (χ3n) is 3.66. The standard InChI is InChI=1S/C14H18FNO3/c1-14(2)5-3-12(4-6-14)19-13-8-10(15)7-11(9-13)16(17)18/h7-9,12H,3-6H2,1-2H3. The Morgan fingerprint density at radius 2 is 1.95 bits per heavy atom. The molecular weight excluding hydrogens is 249 g/mol. The Morgan fingerprint density at radius 1 is 1.32 bits per heavy atom. The van der Waals surface area contributed by atoms with Crippen LogP contribution in [0.15, 0.2) is 18.2 Å². The molecule has 1 aromatic carbocycles. The van der Waals surface area contributed by atoms with Gasteiger partial charge in [0.05, 0.1) is 23.2 Å². The lowest BCUT2D eigenvalue weighted by Crippen LogP contribution is -2.28. The molecule has 2 rings (SSSR count). The first-order valence-corrected chi connectivity index (χ1v) is 6.47. The first kappa shape index (κ1) is 13.8. The van der Waals surface area contributed by atoms with Crippen LogP contribution in [0.4, 0.5) is 10.1 Å². The highest BCUT2D eigenvalue weighted by atomic mass is 19.1. The van der Waals surface area contributed by atoms with Crippen LogP contribution in [-0.2, 0) is 0 Å². The molecule has 0 heterocycles. The highest BCUT2D eigenvalue weighted by molar-refractivity contribution is 5.39. The molecule has 0 spiro atoms. The number of benzene rings is 1. The van der Waals surface area contributed by atoms with Gasteiger partial charge in [-0.25, -0.2) is 4.39 Å². The molecule has 0 radical (unpaired) electrons. The van der Waals surface area contributed by atoms with E-state index >= 15 is 0 Å². The average Bonchev–Trinajstić information content (AvgIpc) is 2.31. The molecule has 0 aromatic heterocycles. The summed E-state index contributed by atoms with van der Waals surface area (Å²) in [5.74, 6) is -0.392. The van der Waals surface area contributed by atoms with E-state index in [2.05, 4.69) is 13.8 Å². The molecule has 0 amide bonds. The van der Waals surface area contributed by atoms with E-state index in [0.717, 1.165) is 31.7 Å². The zero-order valence-electron chi connectivity index (χ0n) is 11.2. The van der Waals surface area contributed by atoms with Crippen molar-refractivity contribution in [3.63, 3.8) is 0 Å². The Kier molecular flexibility index (Phi) is 3.73. The fourth-order valence-electron chi connectivity index (χ4n) is 2.40. The maximum Gasteiger partial charge on any atom is 0.276 e. The van der Waals surface area contributed by atoms with Crippen LogP contribution in [0.3, 0.4) is 0 Å². The Hall–Kier alpha value is -1.65. The van der Waals surface area contributed by atoms with Crippen LogP contribution < -0.4 is 4.74 Å². The first-order chi connectivity index (χ1) is 8.85. The van der Waals surface area contributed by atoms with Crippen molar-refractivity contribution in [3.05, 3.63) is 34.1 Å². The number of halogens is 1. The van der Waals surface area contributed by atoms with Crippen LogP contribution in [0.5, 0.6) is 5.75 Å². The fourth-order valence-corrected chi connectivity index (χ4v) is 2.40. The predicted molar refractivity (Wildman–Crippen MR) is 69.7 cm³/mol. The van der Waals surface area contributed by atoms with Gasteiger partial charge in [0, 0.05) is 6.07 Å². The van der Waals surface area contributed by atoms with Crippen LogP contribution in [0, 0.1) is 21.3 Å². The minimum absolute atomic E-state index is 0.0226. The SMILES string of the molecule is CC1(C)CCC(Oc2cc(F)cc([N+](=O)[O-])c2)CC1. The van der Waals surface area contributed by atoms with Crippen molar-refractivity contribution in [2.45, 2.75) is 45.6 Å². The zero-order chi connectivity index (χ0) is 14.0. The molecule has 0 unspecified atom stereocenters. The van der Waals surface area contributed by atoms with Crippen LogP contribution >= 0.6 is 0 Å². The van der Waals surface area contributed by atoms with Crippen molar-refractivity contribution in [2.24, 2.45) is 5.41 Å². The van der Waals surface area contributed by atoms with E-state index in [1.165, 1.54) is 12.1 Å². The van der Waals surface area contributed by atoms with Crippen molar-refractivity contribution >= 4 is 5.69 Å². The first-order valence-electron chi connectivity index (χ1n) is 6.47. The van der Waals surface area contributed by atoms with Gasteiger partial charge in [-0.1, -0.05) is 13.8 Å². The van der Waals surface area contributed by atoms with Gasteiger partial charge in [0.1, 0.15) is 11.6 Å². The molecule has 1 aromatic rings. The summed E-state index contributed by atoms with van der Waals surface area (Å²) in [5, 5.41) is 10.7. The van der Waals surface area contributed by atoms with Crippen LogP contribution in [-0.4, -0.2) is 11.0 Å². The summed E-state index contributed by atoms with van der Waals surface area (Å²) in [6, 6.07) is 3.38. The van der Waals surface area contributed by atoms with E-state index < -0.39 is 10.7 Å². The molecule has 1 fully saturated rings. The molecular formula is C14H18FNO3. The van der Waals surface area contributed by atoms with Crippen molar-refractivity contribution in [2.75, 3.05) is 0 Å². The molecule has 0 saturated heterocycles. The van der Waals surface area contributed by atoms with Gasteiger partial charge in [-0.2, -0.15) is 0 Å². The topological polar surface area (TPSA) is 52.4 Å². The molecule has 0 bridgehead atoms. The summed E-state index contributed by atoms with van der Waals surface area (Å²) in [6.45, 7) is 4.44. The van der Waals surface area contributed by atoms with Crippen molar-refractivity contribution in [3.8, 4) is 5.75 Å². The number of ether oxygens (including phenoxy) is 1. The second-order valence-corrected chi connectivity index (χ2v) is 5.88. The Morgan fingerprint density at radius 3 is 2.53 bits per heavy atom. The molecule has 19 heavy (non-hydrogen) atoms. The van der Waals surface area contributed by atoms with Gasteiger partial charge < -0.3 is 4.74 Å². The lowest BCUT2D eigenvalue weighted by Gasteiger charge is -2.34. The number of nitro groups is 1. The average molecular weight is 267 g/mol. The molecule has 4 nitrogen and oxygen atoms in total. The van der Waals surface area contributed by atoms with Crippen molar-refractivity contribution < 1.29 is 14.1 Å². The van der Waals surface area contributed by atoms with Crippen LogP contribution in [0.2, 0.25) is 0 Å². The van der Waals surface area contributed by atoms with Gasteiger partial charge in [0.15, 0.2) is 0 Å². The molecule has 0 aliphatic heterocycles. The highest BCUT2D eigenvalue weighted by Gasteiger charge is 2.28. The number of hydrogen-bond acceptors (Lipinski definition) is 3. The van der Waals surface area contributed by atoms with Gasteiger partial charge in [0.25, 0.3) is 5.69 Å². The fraction of sp³-hybridized carbons (Fsp3) is 0.571. The second-order valence-electron chi connectivity index (χ2n) is 5.88. The Bertz CT molecular complexity index is 478. The van der Waals surface area contributed by atoms with E-state index in [0.29, 0.717) is 5.41 Å². The zero-order valence-corrected chi connectivity index (χ0v) is 11.2. The summed E-state index contributed by atoms with van der Waals surface area (Å²) >= 11 is 0. The quantitative estimate of drug-likeness (QED) is 0.612. The molecule has 5 heteroatoms. The predicted octanol–water partition coefficient (Wildman–Crippen LogP) is 4.08. The molecule has 1 aliphatic carbocycles. The largest absolute Gasteiger partial charge is 0.490 e. The summed E-state index contributed by atoms with van der Waals surface area (Å²) in [6.07, 6.45) is 3.92. The summed E-state index contributed by atoms with van der Waals surface area (Å²) < 4.78 is 19.0. The highest BCUT2D eigenvalue weighted by Crippen LogP contribution is 2.37. The van der Waals surface area contributed by atoms with E-state index in [9.17, 15) is 14.5 Å². The van der Waals surface area contributed by atoms with Gasteiger partial charge in [-0.3, -0.25) is 10.1 Å². The third kappa shape index (κ3) is 3.66. The number of hydrogen-bond donors (Lipinski definition) is 0. The van der Waals surface area contributed by atoms with E-state index in [4.69, 9.17) is 4.74 Å². The van der Waals surface area contributed by atoms with Crippen molar-refractivity contribution in [1.29, 1.82) is 0 Å². The van der Waals surface area contributed by atoms with Crippen LogP contribution in [0.1, 0.15) is 39.5 Å². The molecule has 104 valence electrons. The second kappa shape index (κ2) is 5.15. The third-order valence-corrected chi connectivity index (χ3v) is 3.66. The normalized spacial score (nSPS) is 19.1. The minimum Gasteiger partial charge on any atom is -0.490 e. The van der Waals surface area contributed by atoms with Crippen LogP contribution in [0.25, 0.3) is 0 Å². The molecule has 1 saturated carbocycles. The maximum absolute atomic E-state index is 13.3. The van der Waals surface area contributed by atoms with E-state index in [1.807, 2.05) is 0 Å². The Labute approximate surface area is 111 Å². The van der Waals surface area contributed by atoms with Gasteiger partial charge >= 0.3 is 0 Å². The summed E-state index contributed by atoms with van der Waals surface area (Å²) in [4.78, 5) is 10.1. The Balaban J connectivity index is 2.05. The molecule has 1 aliphatic rings. The van der Waals surface area contributed by atoms with Crippen molar-refractivity contribution in [1.82, 2.24) is 0 Å². The molecule has 0 N–H and O–H groups in total. The van der Waals surface area contributed by atoms with Gasteiger partial charge in [-0.05, 0) is 31.1 Å². The smallest absolute Gasteiger partial charge is 0.276 e. The summed E-state index contributed by atoms with van der Waals surface area (Å²) in [7, 11) is 0. The maximum atomic E-state index is 13.3. The number of nitrogens with zero attached hydrogens (tertiary/aromatic N) is 1. The minimum atomic E-state index is -0.639. The lowest BCUT2D eigenvalue weighted by molar-refractivity contribution is -0.385. The summed E-state index contributed by atoms with van der Waals surface area (Å²) in [5.41, 5.74) is 0.0551. The number of nitro benzene ring substituents is 1. The monoisotopic (exact) mass is 267 g/mol. The van der Waals surface area contributed by atoms with Gasteiger partial charge in [0.2, 0.25) is 0 Å². The number of non-ortho nitro benzene ring substituents is 1. The van der Waals surface area contributed by atoms with Gasteiger partial charge in [-0.15, -0.1) is 0 Å². The molecule has 0 atom stereocenters. The van der Waals surface area contributed by atoms with E-state index in [-0.39, 0.29) is 17.5 Å². The lowest BCUT2D eigenvalue weighted by atomic mass is 9.76.